The molecular weight excluding hydrogens is 253 g/mol. The van der Waals surface area contributed by atoms with Gasteiger partial charge in [0.25, 0.3) is 0 Å². The lowest BCUT2D eigenvalue weighted by atomic mass is 9.87. The van der Waals surface area contributed by atoms with Gasteiger partial charge in [0.15, 0.2) is 0 Å². The molecule has 5 heteroatoms. The number of rotatable bonds is 4. The van der Waals surface area contributed by atoms with Gasteiger partial charge >= 0.3 is 0 Å². The third-order valence-corrected chi connectivity index (χ3v) is 4.23. The second-order valence-electron chi connectivity index (χ2n) is 4.87. The Bertz CT molecular complexity index is 528. The minimum Gasteiger partial charge on any atom is -0.309 e. The molecule has 0 radical (unpaired) electrons. The fraction of sp³-hybridized carbons (Fsp3) is 0.538. The van der Waals surface area contributed by atoms with Gasteiger partial charge in [0.05, 0.1) is 5.75 Å². The topological polar surface area (TPSA) is 46.2 Å². The van der Waals surface area contributed by atoms with Crippen molar-refractivity contribution in [3.05, 3.63) is 35.1 Å². The van der Waals surface area contributed by atoms with Gasteiger partial charge in [-0.05, 0) is 42.5 Å². The van der Waals surface area contributed by atoms with Crippen molar-refractivity contribution in [1.29, 1.82) is 0 Å². The van der Waals surface area contributed by atoms with Crippen molar-refractivity contribution < 1.29 is 12.8 Å². The standard InChI is InChI=1S/C13H18FNO2S/c1-18(16,17)8-7-15-13-4-2-3-10-5-6-11(14)9-12(10)13/h5-6,9,13,15H,2-4,7-8H2,1H3/t13-/m0/s1. The van der Waals surface area contributed by atoms with E-state index in [1.54, 1.807) is 6.07 Å². The number of halogens is 1. The Kier molecular flexibility index (Phi) is 4.02. The van der Waals surface area contributed by atoms with Gasteiger partial charge in [-0.3, -0.25) is 0 Å². The van der Waals surface area contributed by atoms with Crippen LogP contribution in [0.5, 0.6) is 0 Å². The van der Waals surface area contributed by atoms with Gasteiger partial charge in [0.1, 0.15) is 15.7 Å². The lowest BCUT2D eigenvalue weighted by Gasteiger charge is -2.26. The highest BCUT2D eigenvalue weighted by atomic mass is 32.2. The van der Waals surface area contributed by atoms with E-state index < -0.39 is 9.84 Å². The van der Waals surface area contributed by atoms with Crippen LogP contribution in [0.4, 0.5) is 4.39 Å². The maximum absolute atomic E-state index is 13.3. The smallest absolute Gasteiger partial charge is 0.148 e. The molecule has 0 unspecified atom stereocenters. The summed E-state index contributed by atoms with van der Waals surface area (Å²) in [6.07, 6.45) is 4.18. The van der Waals surface area contributed by atoms with Crippen molar-refractivity contribution >= 4 is 9.84 Å². The number of fused-ring (bicyclic) bond motifs is 1. The Labute approximate surface area is 107 Å². The van der Waals surface area contributed by atoms with Crippen molar-refractivity contribution in [3.8, 4) is 0 Å². The molecule has 1 aliphatic carbocycles. The van der Waals surface area contributed by atoms with Crippen LogP contribution in [0.1, 0.15) is 30.0 Å². The number of benzene rings is 1. The summed E-state index contributed by atoms with van der Waals surface area (Å²) in [6.45, 7) is 0.416. The highest BCUT2D eigenvalue weighted by molar-refractivity contribution is 7.90. The zero-order chi connectivity index (χ0) is 13.2. The van der Waals surface area contributed by atoms with Crippen LogP contribution in [0, 0.1) is 5.82 Å². The highest BCUT2D eigenvalue weighted by Gasteiger charge is 2.20. The average Bonchev–Trinajstić information content (AvgIpc) is 2.28. The lowest BCUT2D eigenvalue weighted by molar-refractivity contribution is 0.467. The van der Waals surface area contributed by atoms with Crippen LogP contribution in [0.15, 0.2) is 18.2 Å². The molecule has 100 valence electrons. The Morgan fingerprint density at radius 2 is 2.22 bits per heavy atom. The molecule has 0 spiro atoms. The van der Waals surface area contributed by atoms with Gasteiger partial charge in [0, 0.05) is 18.8 Å². The summed E-state index contributed by atoms with van der Waals surface area (Å²) < 4.78 is 35.4. The maximum atomic E-state index is 13.3. The molecule has 0 saturated carbocycles. The molecule has 1 aromatic carbocycles. The van der Waals surface area contributed by atoms with E-state index in [0.717, 1.165) is 24.8 Å². The van der Waals surface area contributed by atoms with E-state index in [1.807, 2.05) is 6.07 Å². The van der Waals surface area contributed by atoms with E-state index in [9.17, 15) is 12.8 Å². The normalized spacial score (nSPS) is 19.6. The summed E-state index contributed by atoms with van der Waals surface area (Å²) >= 11 is 0. The van der Waals surface area contributed by atoms with Gasteiger partial charge < -0.3 is 5.32 Å². The zero-order valence-corrected chi connectivity index (χ0v) is 11.3. The molecule has 0 aliphatic heterocycles. The number of nitrogens with one attached hydrogen (secondary N) is 1. The average molecular weight is 271 g/mol. The van der Waals surface area contributed by atoms with Crippen LogP contribution >= 0.6 is 0 Å². The number of aryl methyl sites for hydroxylation is 1. The predicted molar refractivity (Wildman–Crippen MR) is 69.8 cm³/mol. The summed E-state index contributed by atoms with van der Waals surface area (Å²) in [6, 6.07) is 4.95. The summed E-state index contributed by atoms with van der Waals surface area (Å²) in [5.74, 6) is -0.112. The zero-order valence-electron chi connectivity index (χ0n) is 10.4. The molecule has 1 aromatic rings. The minimum absolute atomic E-state index is 0.0752. The van der Waals surface area contributed by atoms with Crippen LogP contribution in [0.2, 0.25) is 0 Å². The molecule has 0 aromatic heterocycles. The van der Waals surface area contributed by atoms with Crippen LogP contribution in [0.3, 0.4) is 0 Å². The highest BCUT2D eigenvalue weighted by Crippen LogP contribution is 2.30. The van der Waals surface area contributed by atoms with E-state index in [4.69, 9.17) is 0 Å². The van der Waals surface area contributed by atoms with Crippen LogP contribution in [-0.2, 0) is 16.3 Å². The van der Waals surface area contributed by atoms with Gasteiger partial charge in [-0.15, -0.1) is 0 Å². The quantitative estimate of drug-likeness (QED) is 0.909. The predicted octanol–water partition coefficient (Wildman–Crippen LogP) is 1.84. The monoisotopic (exact) mass is 271 g/mol. The molecule has 0 amide bonds. The first-order valence-corrected chi connectivity index (χ1v) is 8.21. The SMILES string of the molecule is CS(=O)(=O)CCN[C@H]1CCCc2ccc(F)cc21. The van der Waals surface area contributed by atoms with Gasteiger partial charge in [0.2, 0.25) is 0 Å². The van der Waals surface area contributed by atoms with Crippen LogP contribution in [0.25, 0.3) is 0 Å². The van der Waals surface area contributed by atoms with Crippen molar-refractivity contribution in [2.45, 2.75) is 25.3 Å². The Morgan fingerprint density at radius 3 is 2.94 bits per heavy atom. The van der Waals surface area contributed by atoms with Crippen molar-refractivity contribution in [1.82, 2.24) is 5.32 Å². The first-order chi connectivity index (χ1) is 8.46. The molecule has 3 nitrogen and oxygen atoms in total. The third-order valence-electron chi connectivity index (χ3n) is 3.29. The summed E-state index contributed by atoms with van der Waals surface area (Å²) in [7, 11) is -2.95. The Balaban J connectivity index is 2.05. The molecule has 1 N–H and O–H groups in total. The van der Waals surface area contributed by atoms with Crippen LogP contribution < -0.4 is 5.32 Å². The maximum Gasteiger partial charge on any atom is 0.148 e. The van der Waals surface area contributed by atoms with E-state index in [1.165, 1.54) is 17.9 Å². The van der Waals surface area contributed by atoms with E-state index >= 15 is 0 Å². The Hall–Kier alpha value is -0.940. The fourth-order valence-electron chi connectivity index (χ4n) is 2.40. The minimum atomic E-state index is -2.95. The molecule has 1 atom stereocenters. The third kappa shape index (κ3) is 3.53. The molecule has 0 saturated heterocycles. The van der Waals surface area contributed by atoms with Crippen LogP contribution in [-0.4, -0.2) is 27.0 Å². The molecule has 0 fully saturated rings. The molecule has 0 heterocycles. The molecule has 1 aliphatic rings. The van der Waals surface area contributed by atoms with E-state index in [0.29, 0.717) is 6.54 Å². The molecular formula is C13H18FNO2S. The van der Waals surface area contributed by atoms with Crippen molar-refractivity contribution in [2.24, 2.45) is 0 Å². The van der Waals surface area contributed by atoms with E-state index in [-0.39, 0.29) is 17.6 Å². The fourth-order valence-corrected chi connectivity index (χ4v) is 2.89. The van der Waals surface area contributed by atoms with Gasteiger partial charge in [-0.2, -0.15) is 0 Å². The van der Waals surface area contributed by atoms with Gasteiger partial charge in [-0.1, -0.05) is 6.07 Å². The molecule has 18 heavy (non-hydrogen) atoms. The second-order valence-corrected chi connectivity index (χ2v) is 7.13. The summed E-state index contributed by atoms with van der Waals surface area (Å²) in [5.41, 5.74) is 2.15. The first-order valence-electron chi connectivity index (χ1n) is 6.15. The van der Waals surface area contributed by atoms with E-state index in [2.05, 4.69) is 5.32 Å². The number of sulfone groups is 1. The van der Waals surface area contributed by atoms with Crippen molar-refractivity contribution in [2.75, 3.05) is 18.6 Å². The molecule has 0 bridgehead atoms. The van der Waals surface area contributed by atoms with Crippen molar-refractivity contribution in [3.63, 3.8) is 0 Å². The summed E-state index contributed by atoms with van der Waals surface area (Å²) in [5, 5.41) is 3.22. The Morgan fingerprint density at radius 1 is 1.44 bits per heavy atom. The van der Waals surface area contributed by atoms with Gasteiger partial charge in [-0.25, -0.2) is 12.8 Å². The molecule has 2 rings (SSSR count). The second kappa shape index (κ2) is 5.36. The number of hydrogen-bond acceptors (Lipinski definition) is 3. The largest absolute Gasteiger partial charge is 0.309 e. The number of hydrogen-bond donors (Lipinski definition) is 1. The lowest BCUT2D eigenvalue weighted by Crippen LogP contribution is -2.29. The summed E-state index contributed by atoms with van der Waals surface area (Å²) in [4.78, 5) is 0. The first kappa shape index (κ1) is 13.5.